The van der Waals surface area contributed by atoms with Crippen LogP contribution in [-0.2, 0) is 4.79 Å². The van der Waals surface area contributed by atoms with Crippen LogP contribution in [0.15, 0.2) is 12.7 Å². The first kappa shape index (κ1) is 6.70. The first-order valence-electron chi connectivity index (χ1n) is 2.00. The minimum atomic E-state index is -0.604. The third-order valence-electron chi connectivity index (χ3n) is 0.589. The van der Waals surface area contributed by atoms with Gasteiger partial charge in [-0.3, -0.25) is 4.79 Å². The summed E-state index contributed by atoms with van der Waals surface area (Å²) in [5, 5.41) is 10.2. The number of hydrogen-bond acceptors (Lipinski definition) is 2. The number of carbonyl (C=O) groups excluding carboxylic acids is 1. The summed E-state index contributed by atoms with van der Waals surface area (Å²) in [7, 11) is 0. The second-order valence-electron chi connectivity index (χ2n) is 1.09. The Hall–Kier alpha value is -1.30. The Morgan fingerprint density at radius 3 is 2.62 bits per heavy atom. The second-order valence-corrected chi connectivity index (χ2v) is 1.09. The summed E-state index contributed by atoms with van der Waals surface area (Å²) in [6.07, 6.45) is 2.70. The average Bonchev–Trinajstić information content (AvgIpc) is 1.83. The molecule has 0 saturated heterocycles. The molecule has 3 nitrogen and oxygen atoms in total. The minimum absolute atomic E-state index is 0.604. The molecule has 0 fully saturated rings. The van der Waals surface area contributed by atoms with E-state index in [1.165, 1.54) is 12.5 Å². The summed E-state index contributed by atoms with van der Waals surface area (Å²) >= 11 is 0. The Morgan fingerprint density at radius 1 is 1.88 bits per heavy atom. The number of nitriles is 1. The van der Waals surface area contributed by atoms with Crippen molar-refractivity contribution < 1.29 is 4.79 Å². The molecule has 0 rings (SSSR count). The van der Waals surface area contributed by atoms with Gasteiger partial charge in [0.2, 0.25) is 0 Å². The van der Waals surface area contributed by atoms with Crippen LogP contribution < -0.4 is 5.32 Å². The maximum Gasteiger partial charge on any atom is 0.310 e. The van der Waals surface area contributed by atoms with E-state index in [1.54, 1.807) is 6.07 Å². The lowest BCUT2D eigenvalue weighted by atomic mass is 10.3. The number of amides is 1. The van der Waals surface area contributed by atoms with E-state index in [2.05, 4.69) is 11.9 Å². The Labute approximate surface area is 47.6 Å². The molecule has 0 aromatic rings. The van der Waals surface area contributed by atoms with Gasteiger partial charge < -0.3 is 5.32 Å². The van der Waals surface area contributed by atoms with Gasteiger partial charge in [-0.1, -0.05) is 12.7 Å². The molecule has 8 heavy (non-hydrogen) atoms. The lowest BCUT2D eigenvalue weighted by Crippen LogP contribution is -2.22. The lowest BCUT2D eigenvalue weighted by Gasteiger charge is -1.94. The predicted octanol–water partition coefficient (Wildman–Crippen LogP) is -0.279. The molecule has 0 aromatic carbocycles. The van der Waals surface area contributed by atoms with Gasteiger partial charge in [-0.2, -0.15) is 5.26 Å². The van der Waals surface area contributed by atoms with Crippen molar-refractivity contribution in [3.63, 3.8) is 0 Å². The molecule has 0 aliphatic carbocycles. The molecule has 1 atom stereocenters. The van der Waals surface area contributed by atoms with Crippen molar-refractivity contribution in [3.8, 4) is 6.07 Å². The van der Waals surface area contributed by atoms with E-state index in [1.807, 2.05) is 0 Å². The molecule has 0 heterocycles. The highest BCUT2D eigenvalue weighted by molar-refractivity contribution is 5.49. The molecule has 0 spiro atoms. The Bertz CT molecular complexity index is 125. The average molecular weight is 109 g/mol. The standard InChI is InChI=1S/C5H5N2O/c1-2-5(3-6)7-4-8/h2,5H,1H2,(H,7,8). The van der Waals surface area contributed by atoms with Crippen molar-refractivity contribution in [2.45, 2.75) is 6.04 Å². The summed E-state index contributed by atoms with van der Waals surface area (Å²) in [5.41, 5.74) is 0. The highest BCUT2D eigenvalue weighted by atomic mass is 16.1. The number of hydrogen-bond donors (Lipinski definition) is 1. The van der Waals surface area contributed by atoms with Crippen molar-refractivity contribution in [1.29, 1.82) is 5.26 Å². The monoisotopic (exact) mass is 109 g/mol. The number of nitrogens with zero attached hydrogens (tertiary/aromatic N) is 1. The van der Waals surface area contributed by atoms with Crippen LogP contribution in [0.25, 0.3) is 0 Å². The molecule has 1 N–H and O–H groups in total. The topological polar surface area (TPSA) is 52.9 Å². The molecule has 41 valence electrons. The van der Waals surface area contributed by atoms with E-state index in [0.29, 0.717) is 0 Å². The van der Waals surface area contributed by atoms with Crippen LogP contribution in [0, 0.1) is 11.3 Å². The smallest absolute Gasteiger partial charge is 0.310 e. The van der Waals surface area contributed by atoms with Gasteiger partial charge in [-0.05, 0) is 0 Å². The van der Waals surface area contributed by atoms with Crippen LogP contribution in [0.4, 0.5) is 0 Å². The number of rotatable bonds is 3. The van der Waals surface area contributed by atoms with Crippen LogP contribution in [-0.4, -0.2) is 12.5 Å². The van der Waals surface area contributed by atoms with Gasteiger partial charge in [0.1, 0.15) is 6.04 Å². The Kier molecular flexibility index (Phi) is 3.25. The molecule has 0 aliphatic rings. The van der Waals surface area contributed by atoms with Gasteiger partial charge in [-0.25, -0.2) is 0 Å². The predicted molar refractivity (Wildman–Crippen MR) is 28.4 cm³/mol. The van der Waals surface area contributed by atoms with Crippen molar-refractivity contribution in [2.75, 3.05) is 0 Å². The molecule has 0 bridgehead atoms. The number of nitrogens with one attached hydrogen (secondary N) is 1. The summed E-state index contributed by atoms with van der Waals surface area (Å²) in [4.78, 5) is 9.50. The summed E-state index contributed by atoms with van der Waals surface area (Å²) in [6, 6.07) is 1.16. The van der Waals surface area contributed by atoms with Gasteiger partial charge in [0, 0.05) is 0 Å². The molecular formula is C5H5N2O. The Balaban J connectivity index is 3.56. The quantitative estimate of drug-likeness (QED) is 0.400. The molecular weight excluding hydrogens is 104 g/mol. The summed E-state index contributed by atoms with van der Waals surface area (Å²) < 4.78 is 0. The zero-order valence-electron chi connectivity index (χ0n) is 4.22. The summed E-state index contributed by atoms with van der Waals surface area (Å²) in [5.74, 6) is 0. The molecule has 1 unspecified atom stereocenters. The fourth-order valence-electron chi connectivity index (χ4n) is 0.207. The largest absolute Gasteiger partial charge is 0.329 e. The first-order chi connectivity index (χ1) is 3.85. The fourth-order valence-corrected chi connectivity index (χ4v) is 0.207. The van der Waals surface area contributed by atoms with E-state index in [-0.39, 0.29) is 0 Å². The molecule has 0 aliphatic heterocycles. The fraction of sp³-hybridized carbons (Fsp3) is 0.200. The molecule has 1 radical (unpaired) electrons. The van der Waals surface area contributed by atoms with E-state index in [0.717, 1.165) is 0 Å². The van der Waals surface area contributed by atoms with Crippen molar-refractivity contribution in [2.24, 2.45) is 0 Å². The van der Waals surface area contributed by atoms with Crippen LogP contribution in [0.3, 0.4) is 0 Å². The van der Waals surface area contributed by atoms with Crippen molar-refractivity contribution >= 4 is 6.41 Å². The van der Waals surface area contributed by atoms with Gasteiger partial charge in [0.25, 0.3) is 0 Å². The molecule has 1 amide bonds. The molecule has 3 heteroatoms. The highest BCUT2D eigenvalue weighted by Crippen LogP contribution is 1.75. The van der Waals surface area contributed by atoms with E-state index < -0.39 is 6.04 Å². The maximum atomic E-state index is 9.50. The second kappa shape index (κ2) is 3.88. The zero-order chi connectivity index (χ0) is 6.41. The van der Waals surface area contributed by atoms with Crippen LogP contribution in [0.5, 0.6) is 0 Å². The highest BCUT2D eigenvalue weighted by Gasteiger charge is 1.94. The van der Waals surface area contributed by atoms with Gasteiger partial charge in [-0.15, -0.1) is 0 Å². The molecule has 0 saturated carbocycles. The minimum Gasteiger partial charge on any atom is -0.329 e. The SMILES string of the molecule is C=CC(C#N)N[C]=O. The third-order valence-corrected chi connectivity index (χ3v) is 0.589. The molecule has 0 aromatic heterocycles. The van der Waals surface area contributed by atoms with Gasteiger partial charge in [0.15, 0.2) is 0 Å². The van der Waals surface area contributed by atoms with E-state index in [4.69, 9.17) is 5.26 Å². The van der Waals surface area contributed by atoms with Gasteiger partial charge >= 0.3 is 6.41 Å². The van der Waals surface area contributed by atoms with Crippen LogP contribution in [0.2, 0.25) is 0 Å². The Morgan fingerprint density at radius 2 is 2.50 bits per heavy atom. The van der Waals surface area contributed by atoms with Crippen LogP contribution >= 0.6 is 0 Å². The zero-order valence-corrected chi connectivity index (χ0v) is 4.22. The van der Waals surface area contributed by atoms with E-state index in [9.17, 15) is 4.79 Å². The van der Waals surface area contributed by atoms with Crippen molar-refractivity contribution in [3.05, 3.63) is 12.7 Å². The maximum absolute atomic E-state index is 9.50. The normalized spacial score (nSPS) is 10.9. The third kappa shape index (κ3) is 1.98. The van der Waals surface area contributed by atoms with Gasteiger partial charge in [0.05, 0.1) is 6.07 Å². The van der Waals surface area contributed by atoms with E-state index >= 15 is 0 Å². The lowest BCUT2D eigenvalue weighted by molar-refractivity contribution is 0.541. The van der Waals surface area contributed by atoms with Crippen molar-refractivity contribution in [1.82, 2.24) is 5.32 Å². The van der Waals surface area contributed by atoms with Crippen LogP contribution in [0.1, 0.15) is 0 Å². The first-order valence-corrected chi connectivity index (χ1v) is 2.00. The summed E-state index contributed by atoms with van der Waals surface area (Å²) in [6.45, 7) is 3.29.